The van der Waals surface area contributed by atoms with Gasteiger partial charge in [-0.15, -0.1) is 0 Å². The van der Waals surface area contributed by atoms with Crippen LogP contribution in [0.2, 0.25) is 0 Å². The first kappa shape index (κ1) is 17.0. The molecule has 134 valence electrons. The Morgan fingerprint density at radius 1 is 0.808 bits per heavy atom. The molecule has 0 saturated heterocycles. The van der Waals surface area contributed by atoms with Crippen molar-refractivity contribution in [2.24, 2.45) is 0 Å². The maximum absolute atomic E-state index is 13.2. The molecule has 0 radical (unpaired) electrons. The molecule has 26 heavy (non-hydrogen) atoms. The van der Waals surface area contributed by atoms with Crippen LogP contribution in [0.5, 0.6) is 40.8 Å². The van der Waals surface area contributed by atoms with Gasteiger partial charge in [0.05, 0.1) is 13.2 Å². The Morgan fingerprint density at radius 3 is 1.96 bits per heavy atom. The first-order valence-corrected chi connectivity index (χ1v) is 6.96. The third-order valence-corrected chi connectivity index (χ3v) is 3.07. The van der Waals surface area contributed by atoms with E-state index in [0.717, 1.165) is 18.2 Å². The summed E-state index contributed by atoms with van der Waals surface area (Å²) in [6, 6.07) is 4.23. The molecule has 10 nitrogen and oxygen atoms in total. The minimum Gasteiger partial charge on any atom is -0.493 e. The Morgan fingerprint density at radius 2 is 1.38 bits per heavy atom. The highest BCUT2D eigenvalue weighted by atomic mass is 19.1. The third-order valence-electron chi connectivity index (χ3n) is 3.07. The van der Waals surface area contributed by atoms with E-state index in [-0.39, 0.29) is 23.1 Å². The zero-order valence-corrected chi connectivity index (χ0v) is 13.1. The molecule has 11 heteroatoms. The highest BCUT2D eigenvalue weighted by Crippen LogP contribution is 2.40. The molecule has 4 N–H and O–H groups in total. The molecule has 0 unspecified atom stereocenters. The van der Waals surface area contributed by atoms with E-state index in [2.05, 4.69) is 19.9 Å². The van der Waals surface area contributed by atoms with Crippen molar-refractivity contribution in [3.63, 3.8) is 0 Å². The van der Waals surface area contributed by atoms with E-state index in [1.165, 1.54) is 13.2 Å². The fourth-order valence-corrected chi connectivity index (χ4v) is 1.98. The summed E-state index contributed by atoms with van der Waals surface area (Å²) in [5, 5.41) is 38.8. The number of methoxy groups -OCH3 is 1. The number of aromatic nitrogens is 4. The molecular formula is C15H11FN4O6. The number of nitrogens with zero attached hydrogens (tertiary/aromatic N) is 4. The van der Waals surface area contributed by atoms with Gasteiger partial charge in [-0.3, -0.25) is 0 Å². The number of ether oxygens (including phenoxy) is 2. The van der Waals surface area contributed by atoms with Crippen LogP contribution in [0, 0.1) is 5.82 Å². The summed E-state index contributed by atoms with van der Waals surface area (Å²) in [5.74, 6) is -4.54. The van der Waals surface area contributed by atoms with Crippen LogP contribution in [-0.2, 0) is 0 Å². The molecule has 0 bridgehead atoms. The van der Waals surface area contributed by atoms with E-state index in [4.69, 9.17) is 9.47 Å². The number of hydrogen-bond donors (Lipinski definition) is 4. The van der Waals surface area contributed by atoms with Crippen LogP contribution in [0.15, 0.2) is 24.3 Å². The number of halogens is 1. The van der Waals surface area contributed by atoms with Crippen LogP contribution in [0.4, 0.5) is 4.39 Å². The maximum Gasteiger partial charge on any atom is 0.263 e. The van der Waals surface area contributed by atoms with E-state index >= 15 is 0 Å². The smallest absolute Gasteiger partial charge is 0.263 e. The molecular weight excluding hydrogens is 351 g/mol. The molecule has 0 spiro atoms. The van der Waals surface area contributed by atoms with Crippen molar-refractivity contribution in [1.29, 1.82) is 0 Å². The second-order valence-electron chi connectivity index (χ2n) is 4.83. The van der Waals surface area contributed by atoms with Crippen molar-refractivity contribution < 1.29 is 34.3 Å². The van der Waals surface area contributed by atoms with Crippen molar-refractivity contribution in [3.05, 3.63) is 30.1 Å². The minimum absolute atomic E-state index is 0.00844. The van der Waals surface area contributed by atoms with Crippen LogP contribution in [0.3, 0.4) is 0 Å². The van der Waals surface area contributed by atoms with Gasteiger partial charge in [0.15, 0.2) is 11.5 Å². The fourth-order valence-electron chi connectivity index (χ4n) is 1.98. The highest BCUT2D eigenvalue weighted by Gasteiger charge is 2.20. The van der Waals surface area contributed by atoms with Crippen LogP contribution < -0.4 is 9.47 Å². The average Bonchev–Trinajstić information content (AvgIpc) is 2.58. The maximum atomic E-state index is 13.2. The summed E-state index contributed by atoms with van der Waals surface area (Å²) in [6.45, 7) is 0. The molecule has 0 aliphatic rings. The van der Waals surface area contributed by atoms with Crippen LogP contribution >= 0.6 is 0 Å². The molecule has 2 aromatic heterocycles. The molecule has 0 amide bonds. The quantitative estimate of drug-likeness (QED) is 0.539. The SMILES string of the molecule is COc1cc(F)ccc1Oc1c(O)nc(-c2nc(O)cc(O)n2)nc1O. The molecule has 3 aromatic rings. The molecule has 2 heterocycles. The lowest BCUT2D eigenvalue weighted by Crippen LogP contribution is -1.98. The summed E-state index contributed by atoms with van der Waals surface area (Å²) in [4.78, 5) is 14.4. The standard InChI is InChI=1S/C15H11FN4O6/c1-25-8-4-6(16)2-3-7(8)26-11-14(23)19-13(20-15(11)24)12-17-9(21)5-10(22)18-12/h2-5H,1H3,(H2,17,18,21,22)(H2,19,20,23,24). The largest absolute Gasteiger partial charge is 0.493 e. The Bertz CT molecular complexity index is 941. The van der Waals surface area contributed by atoms with Crippen molar-refractivity contribution in [2.75, 3.05) is 7.11 Å². The molecule has 1 aromatic carbocycles. The lowest BCUT2D eigenvalue weighted by Gasteiger charge is -2.12. The molecule has 0 fully saturated rings. The minimum atomic E-state index is -0.787. The highest BCUT2D eigenvalue weighted by molar-refractivity contribution is 5.54. The van der Waals surface area contributed by atoms with Crippen LogP contribution in [0.25, 0.3) is 11.6 Å². The number of rotatable bonds is 4. The van der Waals surface area contributed by atoms with E-state index in [9.17, 15) is 24.8 Å². The second kappa shape index (κ2) is 6.55. The predicted octanol–water partition coefficient (Wildman–Crippen LogP) is 1.70. The van der Waals surface area contributed by atoms with E-state index in [1.54, 1.807) is 0 Å². The van der Waals surface area contributed by atoms with E-state index in [0.29, 0.717) is 0 Å². The zero-order valence-electron chi connectivity index (χ0n) is 13.1. The molecule has 0 saturated carbocycles. The van der Waals surface area contributed by atoms with Crippen molar-refractivity contribution in [3.8, 4) is 52.4 Å². The summed E-state index contributed by atoms with van der Waals surface area (Å²) in [5.41, 5.74) is 0. The molecule has 0 aliphatic heterocycles. The van der Waals surface area contributed by atoms with Gasteiger partial charge >= 0.3 is 0 Å². The number of benzene rings is 1. The van der Waals surface area contributed by atoms with Gasteiger partial charge in [0, 0.05) is 6.07 Å². The Balaban J connectivity index is 2.00. The number of aromatic hydroxyl groups is 4. The fraction of sp³-hybridized carbons (Fsp3) is 0.0667. The van der Waals surface area contributed by atoms with Gasteiger partial charge < -0.3 is 29.9 Å². The molecule has 3 rings (SSSR count). The first-order chi connectivity index (χ1) is 12.4. The van der Waals surface area contributed by atoms with Gasteiger partial charge in [-0.25, -0.2) is 4.39 Å². The third kappa shape index (κ3) is 3.31. The molecule has 0 aliphatic carbocycles. The first-order valence-electron chi connectivity index (χ1n) is 6.96. The lowest BCUT2D eigenvalue weighted by atomic mass is 10.3. The topological polar surface area (TPSA) is 151 Å². The molecule has 0 atom stereocenters. The Labute approximate surface area is 144 Å². The zero-order chi connectivity index (χ0) is 18.8. The van der Waals surface area contributed by atoms with Crippen LogP contribution in [0.1, 0.15) is 0 Å². The van der Waals surface area contributed by atoms with Gasteiger partial charge in [0.25, 0.3) is 17.5 Å². The van der Waals surface area contributed by atoms with Gasteiger partial charge in [0.1, 0.15) is 5.82 Å². The number of hydrogen-bond acceptors (Lipinski definition) is 10. The van der Waals surface area contributed by atoms with E-state index < -0.39 is 35.1 Å². The Kier molecular flexibility index (Phi) is 4.27. The summed E-state index contributed by atoms with van der Waals surface area (Å²) in [6.07, 6.45) is 0. The van der Waals surface area contributed by atoms with Crippen molar-refractivity contribution in [2.45, 2.75) is 0 Å². The average molecular weight is 362 g/mol. The van der Waals surface area contributed by atoms with Gasteiger partial charge in [-0.2, -0.15) is 19.9 Å². The van der Waals surface area contributed by atoms with Crippen molar-refractivity contribution in [1.82, 2.24) is 19.9 Å². The second-order valence-corrected chi connectivity index (χ2v) is 4.83. The van der Waals surface area contributed by atoms with Gasteiger partial charge in [-0.05, 0) is 12.1 Å². The lowest BCUT2D eigenvalue weighted by molar-refractivity contribution is 0.336. The summed E-state index contributed by atoms with van der Waals surface area (Å²) in [7, 11) is 1.28. The van der Waals surface area contributed by atoms with Crippen molar-refractivity contribution >= 4 is 0 Å². The van der Waals surface area contributed by atoms with Crippen LogP contribution in [-0.4, -0.2) is 47.5 Å². The predicted molar refractivity (Wildman–Crippen MR) is 82.7 cm³/mol. The Hall–Kier alpha value is -3.89. The van der Waals surface area contributed by atoms with Gasteiger partial charge in [-0.1, -0.05) is 0 Å². The normalized spacial score (nSPS) is 10.5. The monoisotopic (exact) mass is 362 g/mol. The van der Waals surface area contributed by atoms with Gasteiger partial charge in [0.2, 0.25) is 23.4 Å². The van der Waals surface area contributed by atoms with E-state index in [1.807, 2.05) is 0 Å². The summed E-state index contributed by atoms with van der Waals surface area (Å²) < 4.78 is 23.5. The summed E-state index contributed by atoms with van der Waals surface area (Å²) >= 11 is 0.